The summed E-state index contributed by atoms with van der Waals surface area (Å²) in [7, 11) is 0. The third-order valence-corrected chi connectivity index (χ3v) is 5.12. The van der Waals surface area contributed by atoms with Gasteiger partial charge < -0.3 is 15.8 Å². The average molecular weight is 297 g/mol. The number of nitrogens with zero attached hydrogens (tertiary/aromatic N) is 1. The van der Waals surface area contributed by atoms with Gasteiger partial charge in [0.2, 0.25) is 5.91 Å². The first kappa shape index (κ1) is 16.7. The van der Waals surface area contributed by atoms with Gasteiger partial charge in [0.25, 0.3) is 0 Å². The van der Waals surface area contributed by atoms with E-state index < -0.39 is 0 Å². The molecule has 1 unspecified atom stereocenters. The molecule has 0 spiro atoms. The lowest BCUT2D eigenvalue weighted by Gasteiger charge is -2.38. The standard InChI is InChI=1S/C16H31N3O2/c1-13-3-5-16(12-17,6-4-13)15(20)18-14(2)11-19-7-9-21-10-8-19/h13-14H,3-12,17H2,1-2H3,(H,18,20). The van der Waals surface area contributed by atoms with E-state index in [4.69, 9.17) is 10.5 Å². The molecule has 1 aliphatic heterocycles. The van der Waals surface area contributed by atoms with E-state index in [0.29, 0.717) is 6.54 Å². The topological polar surface area (TPSA) is 67.6 Å². The maximum absolute atomic E-state index is 12.7. The molecular formula is C16H31N3O2. The third-order valence-electron chi connectivity index (χ3n) is 5.12. The highest BCUT2D eigenvalue weighted by Gasteiger charge is 2.40. The molecular weight excluding hydrogens is 266 g/mol. The number of carbonyl (C=O) groups is 1. The normalized spacial score (nSPS) is 32.6. The molecule has 2 fully saturated rings. The van der Waals surface area contributed by atoms with Gasteiger partial charge in [0.05, 0.1) is 18.6 Å². The Morgan fingerprint density at radius 3 is 2.57 bits per heavy atom. The zero-order valence-corrected chi connectivity index (χ0v) is 13.6. The van der Waals surface area contributed by atoms with Crippen LogP contribution in [0.2, 0.25) is 0 Å². The molecule has 1 atom stereocenters. The van der Waals surface area contributed by atoms with Crippen molar-refractivity contribution in [1.29, 1.82) is 0 Å². The Bertz CT molecular complexity index is 334. The minimum absolute atomic E-state index is 0.164. The Hall–Kier alpha value is -0.650. The van der Waals surface area contributed by atoms with Crippen LogP contribution in [0.15, 0.2) is 0 Å². The monoisotopic (exact) mass is 297 g/mol. The molecule has 1 aliphatic carbocycles. The first-order valence-electron chi connectivity index (χ1n) is 8.37. The lowest BCUT2D eigenvalue weighted by atomic mass is 9.70. The minimum atomic E-state index is -0.328. The van der Waals surface area contributed by atoms with E-state index >= 15 is 0 Å². The van der Waals surface area contributed by atoms with E-state index in [1.165, 1.54) is 0 Å². The lowest BCUT2D eigenvalue weighted by Crippen LogP contribution is -2.53. The maximum Gasteiger partial charge on any atom is 0.227 e. The van der Waals surface area contributed by atoms with Crippen LogP contribution in [0.4, 0.5) is 0 Å². The van der Waals surface area contributed by atoms with E-state index in [0.717, 1.165) is 64.4 Å². The van der Waals surface area contributed by atoms with Crippen molar-refractivity contribution in [3.8, 4) is 0 Å². The summed E-state index contributed by atoms with van der Waals surface area (Å²) < 4.78 is 5.36. The van der Waals surface area contributed by atoms with Crippen LogP contribution in [0, 0.1) is 11.3 Å². The molecule has 21 heavy (non-hydrogen) atoms. The zero-order valence-electron chi connectivity index (χ0n) is 13.6. The van der Waals surface area contributed by atoms with Gasteiger partial charge in [-0.1, -0.05) is 6.92 Å². The molecule has 1 amide bonds. The van der Waals surface area contributed by atoms with Crippen molar-refractivity contribution < 1.29 is 9.53 Å². The lowest BCUT2D eigenvalue weighted by molar-refractivity contribution is -0.133. The van der Waals surface area contributed by atoms with Crippen LogP contribution in [0.5, 0.6) is 0 Å². The molecule has 2 rings (SSSR count). The molecule has 2 aliphatic rings. The summed E-state index contributed by atoms with van der Waals surface area (Å²) in [5.41, 5.74) is 5.63. The molecule has 5 nitrogen and oxygen atoms in total. The first-order valence-corrected chi connectivity index (χ1v) is 8.37. The van der Waals surface area contributed by atoms with Crippen LogP contribution in [0.3, 0.4) is 0 Å². The van der Waals surface area contributed by atoms with Crippen molar-refractivity contribution in [3.63, 3.8) is 0 Å². The second-order valence-electron chi connectivity index (χ2n) is 6.95. The molecule has 1 saturated heterocycles. The van der Waals surface area contributed by atoms with Crippen molar-refractivity contribution in [2.75, 3.05) is 39.4 Å². The van der Waals surface area contributed by atoms with E-state index in [1.54, 1.807) is 0 Å². The van der Waals surface area contributed by atoms with Gasteiger partial charge in [-0.3, -0.25) is 9.69 Å². The largest absolute Gasteiger partial charge is 0.379 e. The molecule has 0 bridgehead atoms. The van der Waals surface area contributed by atoms with Crippen molar-refractivity contribution in [2.45, 2.75) is 45.6 Å². The molecule has 122 valence electrons. The van der Waals surface area contributed by atoms with Crippen LogP contribution in [-0.2, 0) is 9.53 Å². The Labute approximate surface area is 128 Å². The second kappa shape index (κ2) is 7.56. The summed E-state index contributed by atoms with van der Waals surface area (Å²) in [4.78, 5) is 15.0. The van der Waals surface area contributed by atoms with Gasteiger partial charge in [0, 0.05) is 32.2 Å². The summed E-state index contributed by atoms with van der Waals surface area (Å²) in [6.45, 7) is 9.22. The number of ether oxygens (including phenoxy) is 1. The maximum atomic E-state index is 12.7. The number of amides is 1. The van der Waals surface area contributed by atoms with E-state index in [-0.39, 0.29) is 17.4 Å². The fraction of sp³-hybridized carbons (Fsp3) is 0.938. The summed E-state index contributed by atoms with van der Waals surface area (Å²) in [5.74, 6) is 0.890. The second-order valence-corrected chi connectivity index (χ2v) is 6.95. The van der Waals surface area contributed by atoms with Crippen LogP contribution >= 0.6 is 0 Å². The van der Waals surface area contributed by atoms with Gasteiger partial charge in [0.15, 0.2) is 0 Å². The van der Waals surface area contributed by atoms with Crippen molar-refractivity contribution in [1.82, 2.24) is 10.2 Å². The zero-order chi connectivity index (χ0) is 15.3. The fourth-order valence-electron chi connectivity index (χ4n) is 3.43. The van der Waals surface area contributed by atoms with Gasteiger partial charge in [-0.15, -0.1) is 0 Å². The molecule has 1 heterocycles. The van der Waals surface area contributed by atoms with Gasteiger partial charge in [-0.05, 0) is 38.5 Å². The fourth-order valence-corrected chi connectivity index (χ4v) is 3.43. The predicted molar refractivity (Wildman–Crippen MR) is 84.0 cm³/mol. The summed E-state index contributed by atoms with van der Waals surface area (Å²) in [5, 5.41) is 3.20. The van der Waals surface area contributed by atoms with Gasteiger partial charge in [0.1, 0.15) is 0 Å². The van der Waals surface area contributed by atoms with Gasteiger partial charge in [-0.2, -0.15) is 0 Å². The number of nitrogens with two attached hydrogens (primary N) is 1. The van der Waals surface area contributed by atoms with Crippen LogP contribution < -0.4 is 11.1 Å². The van der Waals surface area contributed by atoms with Crippen LogP contribution in [0.25, 0.3) is 0 Å². The Morgan fingerprint density at radius 1 is 1.38 bits per heavy atom. The Morgan fingerprint density at radius 2 is 2.00 bits per heavy atom. The van der Waals surface area contributed by atoms with E-state index in [1.807, 2.05) is 0 Å². The molecule has 0 radical (unpaired) electrons. The smallest absolute Gasteiger partial charge is 0.227 e. The minimum Gasteiger partial charge on any atom is -0.379 e. The van der Waals surface area contributed by atoms with Crippen molar-refractivity contribution in [3.05, 3.63) is 0 Å². The molecule has 0 aromatic carbocycles. The highest BCUT2D eigenvalue weighted by Crippen LogP contribution is 2.38. The highest BCUT2D eigenvalue weighted by atomic mass is 16.5. The molecule has 0 aromatic heterocycles. The first-order chi connectivity index (χ1) is 10.1. The Balaban J connectivity index is 1.83. The van der Waals surface area contributed by atoms with E-state index in [2.05, 4.69) is 24.1 Å². The SMILES string of the molecule is CC1CCC(CN)(C(=O)NC(C)CN2CCOCC2)CC1. The number of hydrogen-bond acceptors (Lipinski definition) is 4. The number of hydrogen-bond donors (Lipinski definition) is 2. The predicted octanol–water partition coefficient (Wildman–Crippen LogP) is 0.979. The van der Waals surface area contributed by atoms with Crippen molar-refractivity contribution in [2.24, 2.45) is 17.1 Å². The summed E-state index contributed by atoms with van der Waals surface area (Å²) in [6.07, 6.45) is 4.09. The number of nitrogens with one attached hydrogen (secondary N) is 1. The molecule has 5 heteroatoms. The third kappa shape index (κ3) is 4.41. The summed E-state index contributed by atoms with van der Waals surface area (Å²) in [6, 6.07) is 0.165. The average Bonchev–Trinajstić information content (AvgIpc) is 2.49. The van der Waals surface area contributed by atoms with Gasteiger partial charge >= 0.3 is 0 Å². The van der Waals surface area contributed by atoms with Gasteiger partial charge in [-0.25, -0.2) is 0 Å². The quantitative estimate of drug-likeness (QED) is 0.794. The number of morpholine rings is 1. The molecule has 1 saturated carbocycles. The molecule has 3 N–H and O–H groups in total. The number of carbonyl (C=O) groups excluding carboxylic acids is 1. The number of rotatable bonds is 5. The van der Waals surface area contributed by atoms with E-state index in [9.17, 15) is 4.79 Å². The molecule has 0 aromatic rings. The summed E-state index contributed by atoms with van der Waals surface area (Å²) >= 11 is 0. The van der Waals surface area contributed by atoms with Crippen LogP contribution in [-0.4, -0.2) is 56.2 Å². The Kier molecular flexibility index (Phi) is 6.02. The van der Waals surface area contributed by atoms with Crippen molar-refractivity contribution >= 4 is 5.91 Å². The van der Waals surface area contributed by atoms with Crippen LogP contribution in [0.1, 0.15) is 39.5 Å². The highest BCUT2D eigenvalue weighted by molar-refractivity contribution is 5.83.